The SMILES string of the molecule is Cc1cc(C)nc(Sc2ccc(Br)cc2CNC(C)C)c1. The van der Waals surface area contributed by atoms with Gasteiger partial charge in [-0.2, -0.15) is 0 Å². The summed E-state index contributed by atoms with van der Waals surface area (Å²) < 4.78 is 1.11. The maximum absolute atomic E-state index is 4.62. The quantitative estimate of drug-likeness (QED) is 0.797. The first-order valence-electron chi connectivity index (χ1n) is 7.09. The number of rotatable bonds is 5. The van der Waals surface area contributed by atoms with Crippen molar-refractivity contribution in [1.82, 2.24) is 10.3 Å². The minimum atomic E-state index is 0.473. The summed E-state index contributed by atoms with van der Waals surface area (Å²) >= 11 is 5.29. The molecular weight excluding hydrogens is 344 g/mol. The topological polar surface area (TPSA) is 24.9 Å². The van der Waals surface area contributed by atoms with Gasteiger partial charge in [-0.15, -0.1) is 0 Å². The second kappa shape index (κ2) is 7.43. The lowest BCUT2D eigenvalue weighted by molar-refractivity contribution is 0.584. The Hall–Kier alpha value is -0.840. The maximum Gasteiger partial charge on any atom is 0.101 e. The summed E-state index contributed by atoms with van der Waals surface area (Å²) in [5.41, 5.74) is 3.62. The van der Waals surface area contributed by atoms with Crippen LogP contribution < -0.4 is 5.32 Å². The van der Waals surface area contributed by atoms with Gasteiger partial charge in [0, 0.05) is 27.6 Å². The van der Waals surface area contributed by atoms with Crippen molar-refractivity contribution in [2.45, 2.75) is 50.2 Å². The van der Waals surface area contributed by atoms with Crippen LogP contribution in [0.2, 0.25) is 0 Å². The zero-order valence-corrected chi connectivity index (χ0v) is 15.3. The van der Waals surface area contributed by atoms with E-state index in [9.17, 15) is 0 Å². The van der Waals surface area contributed by atoms with E-state index in [2.05, 4.69) is 77.3 Å². The molecule has 0 aliphatic carbocycles. The van der Waals surface area contributed by atoms with Gasteiger partial charge in [-0.3, -0.25) is 0 Å². The number of nitrogens with one attached hydrogen (secondary N) is 1. The van der Waals surface area contributed by atoms with E-state index in [1.807, 2.05) is 6.92 Å². The summed E-state index contributed by atoms with van der Waals surface area (Å²) in [4.78, 5) is 5.87. The normalized spacial score (nSPS) is 11.1. The van der Waals surface area contributed by atoms with Gasteiger partial charge in [-0.05, 0) is 55.3 Å². The molecule has 4 heteroatoms. The molecule has 2 nitrogen and oxygen atoms in total. The van der Waals surface area contributed by atoms with Crippen LogP contribution in [0, 0.1) is 13.8 Å². The molecule has 2 rings (SSSR count). The summed E-state index contributed by atoms with van der Waals surface area (Å²) in [5.74, 6) is 0. The molecule has 0 spiro atoms. The lowest BCUT2D eigenvalue weighted by atomic mass is 10.2. The molecule has 2 aromatic rings. The molecule has 1 aromatic heterocycles. The average molecular weight is 365 g/mol. The van der Waals surface area contributed by atoms with Gasteiger partial charge in [-0.25, -0.2) is 4.98 Å². The molecule has 1 N–H and O–H groups in total. The third-order valence-electron chi connectivity index (χ3n) is 3.01. The second-order valence-electron chi connectivity index (χ2n) is 5.51. The summed E-state index contributed by atoms with van der Waals surface area (Å²) in [6.07, 6.45) is 0. The Bertz CT molecular complexity index is 606. The molecule has 1 aromatic carbocycles. The molecule has 112 valence electrons. The predicted molar refractivity (Wildman–Crippen MR) is 94.0 cm³/mol. The Labute approximate surface area is 139 Å². The number of aromatic nitrogens is 1. The molecule has 0 saturated heterocycles. The first-order valence-corrected chi connectivity index (χ1v) is 8.70. The fourth-order valence-electron chi connectivity index (χ4n) is 2.07. The van der Waals surface area contributed by atoms with E-state index in [1.165, 1.54) is 16.0 Å². The molecule has 0 saturated carbocycles. The van der Waals surface area contributed by atoms with Crippen LogP contribution in [-0.4, -0.2) is 11.0 Å². The summed E-state index contributed by atoms with van der Waals surface area (Å²) in [6.45, 7) is 9.35. The zero-order chi connectivity index (χ0) is 15.4. The molecule has 0 bridgehead atoms. The van der Waals surface area contributed by atoms with Crippen molar-refractivity contribution in [3.8, 4) is 0 Å². The van der Waals surface area contributed by atoms with Crippen LogP contribution in [0.3, 0.4) is 0 Å². The molecule has 21 heavy (non-hydrogen) atoms. The Morgan fingerprint density at radius 3 is 2.62 bits per heavy atom. The van der Waals surface area contributed by atoms with Crippen molar-refractivity contribution >= 4 is 27.7 Å². The van der Waals surface area contributed by atoms with Gasteiger partial charge in [0.15, 0.2) is 0 Å². The molecule has 0 fully saturated rings. The second-order valence-corrected chi connectivity index (χ2v) is 7.49. The van der Waals surface area contributed by atoms with Crippen molar-refractivity contribution in [2.75, 3.05) is 0 Å². The first kappa shape index (κ1) is 16.5. The number of hydrogen-bond donors (Lipinski definition) is 1. The zero-order valence-electron chi connectivity index (χ0n) is 12.9. The van der Waals surface area contributed by atoms with E-state index in [1.54, 1.807) is 11.8 Å². The number of hydrogen-bond acceptors (Lipinski definition) is 3. The number of pyridine rings is 1. The van der Waals surface area contributed by atoms with E-state index < -0.39 is 0 Å². The molecule has 0 amide bonds. The number of halogens is 1. The lowest BCUT2D eigenvalue weighted by Gasteiger charge is -2.13. The Balaban J connectivity index is 2.25. The molecule has 0 unspecified atom stereocenters. The highest BCUT2D eigenvalue weighted by Gasteiger charge is 2.08. The van der Waals surface area contributed by atoms with Crippen molar-refractivity contribution in [3.05, 3.63) is 51.6 Å². The molecular formula is C17H21BrN2S. The van der Waals surface area contributed by atoms with Gasteiger partial charge in [0.2, 0.25) is 0 Å². The van der Waals surface area contributed by atoms with Crippen LogP contribution in [0.4, 0.5) is 0 Å². The van der Waals surface area contributed by atoms with Gasteiger partial charge in [0.05, 0.1) is 0 Å². The van der Waals surface area contributed by atoms with Gasteiger partial charge in [0.1, 0.15) is 5.03 Å². The van der Waals surface area contributed by atoms with Crippen molar-refractivity contribution in [3.63, 3.8) is 0 Å². The Kier molecular flexibility index (Phi) is 5.85. The minimum absolute atomic E-state index is 0.473. The largest absolute Gasteiger partial charge is 0.310 e. The summed E-state index contributed by atoms with van der Waals surface area (Å²) in [6, 6.07) is 11.1. The van der Waals surface area contributed by atoms with Crippen molar-refractivity contribution < 1.29 is 0 Å². The van der Waals surface area contributed by atoms with E-state index in [4.69, 9.17) is 0 Å². The summed E-state index contributed by atoms with van der Waals surface area (Å²) in [5, 5.41) is 4.54. The first-order chi connectivity index (χ1) is 9.94. The molecule has 0 aliphatic rings. The van der Waals surface area contributed by atoms with Crippen LogP contribution >= 0.6 is 27.7 Å². The van der Waals surface area contributed by atoms with Crippen LogP contribution in [0.15, 0.2) is 44.7 Å². The highest BCUT2D eigenvalue weighted by Crippen LogP contribution is 2.31. The molecule has 1 heterocycles. The van der Waals surface area contributed by atoms with Crippen molar-refractivity contribution in [2.24, 2.45) is 0 Å². The summed E-state index contributed by atoms with van der Waals surface area (Å²) in [7, 11) is 0. The number of aryl methyl sites for hydroxylation is 2. The average Bonchev–Trinajstić information content (AvgIpc) is 2.37. The van der Waals surface area contributed by atoms with Crippen molar-refractivity contribution in [1.29, 1.82) is 0 Å². The Morgan fingerprint density at radius 2 is 1.95 bits per heavy atom. The fourth-order valence-corrected chi connectivity index (χ4v) is 3.54. The van der Waals surface area contributed by atoms with Gasteiger partial charge in [-0.1, -0.05) is 41.5 Å². The highest BCUT2D eigenvalue weighted by atomic mass is 79.9. The van der Waals surface area contributed by atoms with Crippen LogP contribution in [0.1, 0.15) is 30.7 Å². The smallest absolute Gasteiger partial charge is 0.101 e. The standard InChI is InChI=1S/C17H21BrN2S/c1-11(2)19-10-14-9-15(18)5-6-16(14)21-17-8-12(3)7-13(4)20-17/h5-9,11,19H,10H2,1-4H3. The molecule has 0 atom stereocenters. The molecule has 0 aliphatic heterocycles. The molecule has 0 radical (unpaired) electrons. The monoisotopic (exact) mass is 364 g/mol. The van der Waals surface area contributed by atoms with E-state index in [0.29, 0.717) is 6.04 Å². The van der Waals surface area contributed by atoms with E-state index in [-0.39, 0.29) is 0 Å². The van der Waals surface area contributed by atoms with E-state index in [0.717, 1.165) is 21.7 Å². The van der Waals surface area contributed by atoms with Crippen LogP contribution in [0.25, 0.3) is 0 Å². The van der Waals surface area contributed by atoms with Crippen LogP contribution in [0.5, 0.6) is 0 Å². The highest BCUT2D eigenvalue weighted by molar-refractivity contribution is 9.10. The van der Waals surface area contributed by atoms with Gasteiger partial charge in [0.25, 0.3) is 0 Å². The third-order valence-corrected chi connectivity index (χ3v) is 4.54. The minimum Gasteiger partial charge on any atom is -0.310 e. The number of benzene rings is 1. The van der Waals surface area contributed by atoms with Gasteiger partial charge < -0.3 is 5.32 Å². The number of nitrogens with zero attached hydrogens (tertiary/aromatic N) is 1. The Morgan fingerprint density at radius 1 is 1.19 bits per heavy atom. The lowest BCUT2D eigenvalue weighted by Crippen LogP contribution is -2.22. The predicted octanol–water partition coefficient (Wildman–Crippen LogP) is 5.11. The third kappa shape index (κ3) is 5.13. The maximum atomic E-state index is 4.62. The fraction of sp³-hybridized carbons (Fsp3) is 0.353. The van der Waals surface area contributed by atoms with E-state index >= 15 is 0 Å². The van der Waals surface area contributed by atoms with Crippen LogP contribution in [-0.2, 0) is 6.54 Å². The van der Waals surface area contributed by atoms with Gasteiger partial charge >= 0.3 is 0 Å².